The first-order chi connectivity index (χ1) is 15.5. The predicted octanol–water partition coefficient (Wildman–Crippen LogP) is -5.25. The van der Waals surface area contributed by atoms with E-state index in [1.165, 1.54) is 6.08 Å². The largest absolute Gasteiger partial charge is 1.00 e. The van der Waals surface area contributed by atoms with Crippen LogP contribution in [0.4, 0.5) is 0 Å². The van der Waals surface area contributed by atoms with Gasteiger partial charge in [0, 0.05) is 12.0 Å². The van der Waals surface area contributed by atoms with Crippen LogP contribution in [-0.4, -0.2) is 36.5 Å². The molecule has 1 atom stereocenters. The third kappa shape index (κ3) is 8.01. The second-order valence-corrected chi connectivity index (χ2v) is 6.62. The van der Waals surface area contributed by atoms with Crippen LogP contribution in [0.3, 0.4) is 0 Å². The quantitative estimate of drug-likeness (QED) is 0.303. The number of carbonyl (C=O) groups excluding carboxylic acids is 3. The van der Waals surface area contributed by atoms with E-state index in [1.54, 1.807) is 24.3 Å². The molecular weight excluding hydrogens is 466 g/mol. The maximum atomic E-state index is 10.9. The number of ether oxygens (including phenoxy) is 4. The zero-order valence-electron chi connectivity index (χ0n) is 18.7. The summed E-state index contributed by atoms with van der Waals surface area (Å²) in [5, 5.41) is 21.2. The third-order valence-corrected chi connectivity index (χ3v) is 4.51. The third-order valence-electron chi connectivity index (χ3n) is 4.51. The number of carboxylic acid groups (broad SMARTS) is 1. The van der Waals surface area contributed by atoms with Gasteiger partial charge < -0.3 is 34.0 Å². The SMILES string of the molecule is O=C([O-])C1=CCc2c(OCC(O)COc3cccc4c3CC=[C-]O4)cccc2O1.O=C=O.[Na+].[Na+]. The summed E-state index contributed by atoms with van der Waals surface area (Å²) >= 11 is 0. The number of aliphatic carboxylic acids is 1. The molecule has 11 heteroatoms. The molecule has 0 fully saturated rings. The van der Waals surface area contributed by atoms with Gasteiger partial charge in [0.05, 0.1) is 0 Å². The van der Waals surface area contributed by atoms with Gasteiger partial charge in [0.25, 0.3) is 0 Å². The predicted molar refractivity (Wildman–Crippen MR) is 104 cm³/mol. The summed E-state index contributed by atoms with van der Waals surface area (Å²) in [7, 11) is 0. The van der Waals surface area contributed by atoms with Crippen molar-refractivity contribution in [2.45, 2.75) is 18.9 Å². The first-order valence-corrected chi connectivity index (χ1v) is 9.53. The van der Waals surface area contributed by atoms with E-state index >= 15 is 0 Å². The molecule has 34 heavy (non-hydrogen) atoms. The number of aliphatic hydroxyl groups excluding tert-OH is 1. The topological polar surface area (TPSA) is 131 Å². The molecule has 2 aromatic rings. The molecule has 2 aliphatic heterocycles. The van der Waals surface area contributed by atoms with Crippen molar-refractivity contribution in [1.29, 1.82) is 0 Å². The van der Waals surface area contributed by atoms with Crippen LogP contribution in [0.5, 0.6) is 23.0 Å². The van der Waals surface area contributed by atoms with Crippen LogP contribution in [0.15, 0.2) is 54.3 Å². The number of carboxylic acids is 1. The van der Waals surface area contributed by atoms with Crippen LogP contribution < -0.4 is 83.2 Å². The molecule has 2 heterocycles. The van der Waals surface area contributed by atoms with E-state index in [9.17, 15) is 15.0 Å². The minimum Gasteiger partial charge on any atom is -0.642 e. The maximum absolute atomic E-state index is 10.9. The summed E-state index contributed by atoms with van der Waals surface area (Å²) in [6, 6.07) is 10.6. The van der Waals surface area contributed by atoms with Crippen molar-refractivity contribution < 1.29 is 103 Å². The van der Waals surface area contributed by atoms with Crippen molar-refractivity contribution in [2.75, 3.05) is 13.2 Å². The van der Waals surface area contributed by atoms with Gasteiger partial charge in [0.15, 0.2) is 0 Å². The molecule has 0 bridgehead atoms. The number of hydrogen-bond donors (Lipinski definition) is 1. The van der Waals surface area contributed by atoms with Crippen molar-refractivity contribution in [1.82, 2.24) is 0 Å². The van der Waals surface area contributed by atoms with Gasteiger partial charge in [0.2, 0.25) is 0 Å². The Bertz CT molecular complexity index is 1080. The molecule has 0 saturated carbocycles. The van der Waals surface area contributed by atoms with Crippen molar-refractivity contribution >= 4 is 12.1 Å². The summed E-state index contributed by atoms with van der Waals surface area (Å²) in [6.45, 7) is 0.0524. The summed E-state index contributed by atoms with van der Waals surface area (Å²) in [5.41, 5.74) is 1.62. The van der Waals surface area contributed by atoms with Crippen LogP contribution in [0.25, 0.3) is 0 Å². The number of allylic oxidation sites excluding steroid dienone is 2. The number of aliphatic hydroxyl groups is 1. The van der Waals surface area contributed by atoms with E-state index in [1.807, 2.05) is 18.2 Å². The van der Waals surface area contributed by atoms with Crippen LogP contribution in [0, 0.1) is 6.26 Å². The number of benzene rings is 2. The molecule has 0 aliphatic carbocycles. The summed E-state index contributed by atoms with van der Waals surface area (Å²) in [5.74, 6) is 0.666. The van der Waals surface area contributed by atoms with Crippen LogP contribution in [0.1, 0.15) is 11.1 Å². The van der Waals surface area contributed by atoms with E-state index in [0.29, 0.717) is 41.4 Å². The fraction of sp³-hybridized carbons (Fsp3) is 0.217. The summed E-state index contributed by atoms with van der Waals surface area (Å²) in [6.07, 6.45) is 6.27. The average Bonchev–Trinajstić information content (AvgIpc) is 2.81. The standard InChI is InChI=1S/C22H19O7.CO2.2Na/c23-14(12-27-18-6-1-5-17-15(18)4-3-11-26-17)13-28-19-7-2-8-20-16(19)9-10-21(29-20)22(24)25;2-1-3;;/h1-3,5-8,10,14,23H,4,9,12-13H2,(H,24,25);;;/q-1;;2*+1/p-1. The van der Waals surface area contributed by atoms with Crippen LogP contribution in [0.2, 0.25) is 0 Å². The van der Waals surface area contributed by atoms with Gasteiger partial charge in [-0.15, -0.1) is 12.1 Å². The first-order valence-electron chi connectivity index (χ1n) is 9.53. The van der Waals surface area contributed by atoms with Gasteiger partial charge in [-0.05, 0) is 42.0 Å². The van der Waals surface area contributed by atoms with Gasteiger partial charge >= 0.3 is 65.3 Å². The minimum atomic E-state index is -1.36. The number of hydrogen-bond acceptors (Lipinski definition) is 9. The zero-order chi connectivity index (χ0) is 22.9. The van der Waals surface area contributed by atoms with E-state index < -0.39 is 12.1 Å². The molecular formula is C23H18Na2O9. The fourth-order valence-electron chi connectivity index (χ4n) is 3.10. The minimum absolute atomic E-state index is 0. The van der Waals surface area contributed by atoms with Gasteiger partial charge in [0.1, 0.15) is 48.3 Å². The van der Waals surface area contributed by atoms with E-state index in [-0.39, 0.29) is 84.2 Å². The Labute approximate surface area is 239 Å². The number of fused-ring (bicyclic) bond motifs is 2. The first kappa shape index (κ1) is 30.0. The van der Waals surface area contributed by atoms with Crippen molar-refractivity contribution in [3.05, 3.63) is 71.7 Å². The Morgan fingerprint density at radius 1 is 1.03 bits per heavy atom. The average molecular weight is 484 g/mol. The Balaban J connectivity index is 0.00000110. The molecule has 0 radical (unpaired) electrons. The molecule has 166 valence electrons. The van der Waals surface area contributed by atoms with Gasteiger partial charge in [-0.2, -0.15) is 9.59 Å². The molecule has 1 unspecified atom stereocenters. The monoisotopic (exact) mass is 484 g/mol. The van der Waals surface area contributed by atoms with Crippen molar-refractivity contribution in [2.24, 2.45) is 0 Å². The van der Waals surface area contributed by atoms with Crippen molar-refractivity contribution in [3.63, 3.8) is 0 Å². The van der Waals surface area contributed by atoms with Crippen molar-refractivity contribution in [3.8, 4) is 23.0 Å². The normalized spacial score (nSPS) is 13.1. The van der Waals surface area contributed by atoms with Crippen LogP contribution >= 0.6 is 0 Å². The smallest absolute Gasteiger partial charge is 0.642 e. The molecule has 0 aromatic heterocycles. The maximum Gasteiger partial charge on any atom is 1.00 e. The molecule has 2 aliphatic rings. The zero-order valence-corrected chi connectivity index (χ0v) is 22.7. The fourth-order valence-corrected chi connectivity index (χ4v) is 3.10. The van der Waals surface area contributed by atoms with E-state index in [4.69, 9.17) is 28.5 Å². The summed E-state index contributed by atoms with van der Waals surface area (Å²) < 4.78 is 22.1. The number of carbonyl (C=O) groups is 1. The Morgan fingerprint density at radius 3 is 2.18 bits per heavy atom. The molecule has 2 aromatic carbocycles. The van der Waals surface area contributed by atoms with E-state index in [0.717, 1.165) is 5.56 Å². The molecule has 0 saturated heterocycles. The van der Waals surface area contributed by atoms with Gasteiger partial charge in [-0.1, -0.05) is 18.4 Å². The molecule has 0 spiro atoms. The van der Waals surface area contributed by atoms with Gasteiger partial charge in [-0.25, -0.2) is 0 Å². The van der Waals surface area contributed by atoms with Gasteiger partial charge in [-0.3, -0.25) is 0 Å². The Morgan fingerprint density at radius 2 is 1.59 bits per heavy atom. The van der Waals surface area contributed by atoms with Crippen LogP contribution in [-0.2, 0) is 27.2 Å². The molecule has 1 N–H and O–H groups in total. The molecule has 0 amide bonds. The molecule has 4 rings (SSSR count). The second-order valence-electron chi connectivity index (χ2n) is 6.62. The number of rotatable bonds is 7. The molecule has 9 nitrogen and oxygen atoms in total. The Kier molecular flexibility index (Phi) is 13.2. The van der Waals surface area contributed by atoms with E-state index in [2.05, 4.69) is 6.26 Å². The second kappa shape index (κ2) is 15.0. The Hall–Kier alpha value is -2.07. The summed E-state index contributed by atoms with van der Waals surface area (Å²) in [4.78, 5) is 27.2.